The second kappa shape index (κ2) is 6.24. The van der Waals surface area contributed by atoms with Crippen LogP contribution in [-0.2, 0) is 10.8 Å². The van der Waals surface area contributed by atoms with Gasteiger partial charge in [-0.25, -0.2) is 14.0 Å². The second-order valence-corrected chi connectivity index (χ2v) is 9.73. The lowest BCUT2D eigenvalue weighted by atomic mass is 10.0. The number of aryl methyl sites for hydroxylation is 4. The molecule has 1 unspecified atom stereocenters. The maximum Gasteiger partial charge on any atom is 0.213 e. The molecule has 0 aliphatic heterocycles. The topological polar surface area (TPSA) is 64.6 Å². The van der Waals surface area contributed by atoms with Gasteiger partial charge in [0.15, 0.2) is 0 Å². The van der Waals surface area contributed by atoms with Gasteiger partial charge in [0.25, 0.3) is 0 Å². The standard InChI is InChI=1S/C19H23N5OS2/c1-8-27(25)18-16(15-13(6)24-19(20-15)26-14(7)21-24)22-23-12(5)10(3)9(2)11(4)17(18)23/h8H2,1-7H3. The number of aromatic nitrogens is 5. The molecule has 142 valence electrons. The van der Waals surface area contributed by atoms with Crippen LogP contribution in [0.3, 0.4) is 0 Å². The molecule has 6 nitrogen and oxygen atoms in total. The van der Waals surface area contributed by atoms with Crippen LogP contribution in [0, 0.1) is 41.5 Å². The van der Waals surface area contributed by atoms with Crippen LogP contribution < -0.4 is 0 Å². The lowest BCUT2D eigenvalue weighted by molar-refractivity contribution is 0.684. The Kier molecular flexibility index (Phi) is 4.23. The first-order valence-corrected chi connectivity index (χ1v) is 11.1. The molecule has 4 heterocycles. The van der Waals surface area contributed by atoms with Crippen molar-refractivity contribution in [2.45, 2.75) is 53.4 Å². The van der Waals surface area contributed by atoms with Crippen molar-refractivity contribution in [2.24, 2.45) is 0 Å². The molecule has 0 bridgehead atoms. The summed E-state index contributed by atoms with van der Waals surface area (Å²) in [4.78, 5) is 6.41. The number of rotatable bonds is 3. The van der Waals surface area contributed by atoms with Crippen molar-refractivity contribution in [2.75, 3.05) is 5.75 Å². The SMILES string of the molecule is CCS(=O)c1c(-c2nc3sc(C)nn3c2C)nn2c(C)c(C)c(C)c(C)c12. The number of pyridine rings is 1. The van der Waals surface area contributed by atoms with Gasteiger partial charge in [0.1, 0.15) is 16.4 Å². The van der Waals surface area contributed by atoms with Crippen LogP contribution >= 0.6 is 11.3 Å². The zero-order valence-corrected chi connectivity index (χ0v) is 18.3. The quantitative estimate of drug-likeness (QED) is 0.519. The zero-order valence-electron chi connectivity index (χ0n) is 16.7. The van der Waals surface area contributed by atoms with Crippen molar-refractivity contribution < 1.29 is 4.21 Å². The minimum Gasteiger partial charge on any atom is -0.254 e. The maximum atomic E-state index is 13.1. The first-order valence-electron chi connectivity index (χ1n) is 8.96. The van der Waals surface area contributed by atoms with Crippen LogP contribution in [0.2, 0.25) is 0 Å². The van der Waals surface area contributed by atoms with E-state index in [4.69, 9.17) is 10.1 Å². The summed E-state index contributed by atoms with van der Waals surface area (Å²) in [5.74, 6) is 0.540. The fraction of sp³-hybridized carbons (Fsp3) is 0.421. The minimum absolute atomic E-state index is 0.540. The predicted molar refractivity (Wildman–Crippen MR) is 110 cm³/mol. The lowest BCUT2D eigenvalue weighted by Crippen LogP contribution is -2.03. The van der Waals surface area contributed by atoms with Crippen LogP contribution in [0.15, 0.2) is 4.90 Å². The van der Waals surface area contributed by atoms with Crippen LogP contribution in [-0.4, -0.2) is 34.2 Å². The van der Waals surface area contributed by atoms with Gasteiger partial charge < -0.3 is 0 Å². The highest BCUT2D eigenvalue weighted by Gasteiger charge is 2.27. The fourth-order valence-corrected chi connectivity index (χ4v) is 5.43. The molecule has 4 rings (SSSR count). The summed E-state index contributed by atoms with van der Waals surface area (Å²) in [5.41, 5.74) is 7.98. The summed E-state index contributed by atoms with van der Waals surface area (Å²) < 4.78 is 16.9. The molecule has 0 saturated carbocycles. The molecule has 1 atom stereocenters. The van der Waals surface area contributed by atoms with Crippen LogP contribution in [0.1, 0.15) is 40.0 Å². The number of nitrogens with zero attached hydrogens (tertiary/aromatic N) is 5. The van der Waals surface area contributed by atoms with Crippen LogP contribution in [0.4, 0.5) is 0 Å². The van der Waals surface area contributed by atoms with E-state index in [1.165, 1.54) is 11.1 Å². The van der Waals surface area contributed by atoms with E-state index in [-0.39, 0.29) is 0 Å². The second-order valence-electron chi connectivity index (χ2n) is 6.89. The fourth-order valence-electron chi connectivity index (χ4n) is 3.55. The van der Waals surface area contributed by atoms with E-state index in [9.17, 15) is 4.21 Å². The van der Waals surface area contributed by atoms with Crippen molar-refractivity contribution in [1.82, 2.24) is 24.2 Å². The zero-order chi connectivity index (χ0) is 19.6. The molecule has 0 aliphatic rings. The first-order chi connectivity index (χ1) is 12.8. The van der Waals surface area contributed by atoms with Gasteiger partial charge in [-0.3, -0.25) is 4.21 Å². The molecule has 0 spiro atoms. The van der Waals surface area contributed by atoms with Crippen molar-refractivity contribution in [3.8, 4) is 11.4 Å². The molecular weight excluding hydrogens is 378 g/mol. The number of fused-ring (bicyclic) bond motifs is 2. The number of hydrogen-bond donors (Lipinski definition) is 0. The van der Waals surface area contributed by atoms with Gasteiger partial charge in [0.2, 0.25) is 4.96 Å². The highest BCUT2D eigenvalue weighted by molar-refractivity contribution is 7.85. The van der Waals surface area contributed by atoms with Crippen molar-refractivity contribution in [3.63, 3.8) is 0 Å². The third-order valence-electron chi connectivity index (χ3n) is 5.43. The molecule has 27 heavy (non-hydrogen) atoms. The van der Waals surface area contributed by atoms with Gasteiger partial charge in [0, 0.05) is 11.4 Å². The largest absolute Gasteiger partial charge is 0.254 e. The molecule has 4 aromatic rings. The monoisotopic (exact) mass is 401 g/mol. The Morgan fingerprint density at radius 3 is 2.22 bits per heavy atom. The van der Waals surface area contributed by atoms with Crippen molar-refractivity contribution >= 4 is 32.6 Å². The van der Waals surface area contributed by atoms with Crippen molar-refractivity contribution in [1.29, 1.82) is 0 Å². The van der Waals surface area contributed by atoms with E-state index in [1.54, 1.807) is 11.3 Å². The number of imidazole rings is 1. The summed E-state index contributed by atoms with van der Waals surface area (Å²) in [6, 6.07) is 0. The van der Waals surface area contributed by atoms with E-state index < -0.39 is 10.8 Å². The van der Waals surface area contributed by atoms with E-state index >= 15 is 0 Å². The third-order valence-corrected chi connectivity index (χ3v) is 7.62. The molecule has 4 aromatic heterocycles. The summed E-state index contributed by atoms with van der Waals surface area (Å²) in [7, 11) is -1.15. The summed E-state index contributed by atoms with van der Waals surface area (Å²) in [5, 5.41) is 10.4. The first kappa shape index (κ1) is 18.3. The maximum absolute atomic E-state index is 13.1. The lowest BCUT2D eigenvalue weighted by Gasteiger charge is -2.12. The molecule has 0 fully saturated rings. The van der Waals surface area contributed by atoms with E-state index in [0.29, 0.717) is 11.4 Å². The average molecular weight is 402 g/mol. The molecule has 0 saturated heterocycles. The molecule has 8 heteroatoms. The van der Waals surface area contributed by atoms with Gasteiger partial charge in [-0.1, -0.05) is 18.3 Å². The van der Waals surface area contributed by atoms with Crippen molar-refractivity contribution in [3.05, 3.63) is 33.1 Å². The Morgan fingerprint density at radius 2 is 1.59 bits per heavy atom. The Hall–Kier alpha value is -2.06. The Balaban J connectivity index is 2.15. The molecule has 0 aromatic carbocycles. The number of hydrogen-bond acceptors (Lipinski definition) is 5. The summed E-state index contributed by atoms with van der Waals surface area (Å²) >= 11 is 1.55. The summed E-state index contributed by atoms with van der Waals surface area (Å²) in [6.45, 7) is 14.3. The minimum atomic E-state index is -1.15. The summed E-state index contributed by atoms with van der Waals surface area (Å²) in [6.07, 6.45) is 0. The molecular formula is C19H23N5OS2. The highest BCUT2D eigenvalue weighted by atomic mass is 32.2. The Bertz CT molecular complexity index is 1240. The van der Waals surface area contributed by atoms with Gasteiger partial charge in [-0.05, 0) is 58.2 Å². The van der Waals surface area contributed by atoms with Gasteiger partial charge in [-0.2, -0.15) is 10.2 Å². The van der Waals surface area contributed by atoms with E-state index in [1.807, 2.05) is 29.8 Å². The molecule has 0 N–H and O–H groups in total. The molecule has 0 aliphatic carbocycles. The van der Waals surface area contributed by atoms with E-state index in [2.05, 4.69) is 32.8 Å². The van der Waals surface area contributed by atoms with Gasteiger partial charge in [-0.15, -0.1) is 0 Å². The Labute approximate surface area is 164 Å². The third kappa shape index (κ3) is 2.50. The molecule has 0 radical (unpaired) electrons. The molecule has 0 amide bonds. The van der Waals surface area contributed by atoms with Gasteiger partial charge >= 0.3 is 0 Å². The van der Waals surface area contributed by atoms with E-state index in [0.717, 1.165) is 43.0 Å². The normalized spacial score (nSPS) is 13.1. The van der Waals surface area contributed by atoms with Crippen LogP contribution in [0.25, 0.3) is 21.9 Å². The Morgan fingerprint density at radius 1 is 0.889 bits per heavy atom. The smallest absolute Gasteiger partial charge is 0.213 e. The van der Waals surface area contributed by atoms with Gasteiger partial charge in [0.05, 0.1) is 26.9 Å². The van der Waals surface area contributed by atoms with Crippen LogP contribution in [0.5, 0.6) is 0 Å². The predicted octanol–water partition coefficient (Wildman–Crippen LogP) is 4.08. The average Bonchev–Trinajstić information content (AvgIpc) is 3.29. The highest BCUT2D eigenvalue weighted by Crippen LogP contribution is 2.35.